The molecular weight excluding hydrogens is 1320 g/mol. The summed E-state index contributed by atoms with van der Waals surface area (Å²) in [6.07, 6.45) is -14.1. The Morgan fingerprint density at radius 1 is 0.298 bits per heavy atom. The van der Waals surface area contributed by atoms with E-state index in [-0.39, 0.29) is 79.3 Å². The number of nitrogens with one attached hydrogen (secondary N) is 2. The molecule has 4 N–H and O–H groups in total. The molecule has 542 valence electrons. The van der Waals surface area contributed by atoms with E-state index in [9.17, 15) is 4.79 Å². The van der Waals surface area contributed by atoms with Crippen molar-refractivity contribution in [3.8, 4) is 0 Å². The molecule has 0 aliphatic carbocycles. The van der Waals surface area contributed by atoms with Gasteiger partial charge in [-0.1, -0.05) is 273 Å². The molecule has 12 rings (SSSR count). The van der Waals surface area contributed by atoms with E-state index >= 15 is 9.59 Å². The van der Waals surface area contributed by atoms with Crippen molar-refractivity contribution in [2.75, 3.05) is 26.9 Å². The van der Waals surface area contributed by atoms with Gasteiger partial charge in [-0.05, 0) is 50.1 Å². The fraction of sp³-hybridized carbons (Fsp3) is 0.329. The lowest BCUT2D eigenvalue weighted by Crippen LogP contribution is -2.73. The molecule has 3 aliphatic rings. The van der Waals surface area contributed by atoms with Gasteiger partial charge in [-0.2, -0.15) is 0 Å². The van der Waals surface area contributed by atoms with Gasteiger partial charge in [-0.25, -0.2) is 4.79 Å². The van der Waals surface area contributed by atoms with E-state index in [0.717, 1.165) is 50.1 Å². The smallest absolute Gasteiger partial charge is 0.337 e. The summed E-state index contributed by atoms with van der Waals surface area (Å²) in [5.41, 5.74) is 15.2. The SMILES string of the molecule is COC(=O)[C@@H]1O[C@H](COCc2ccccc2)C(OCc2ccccc2)C(OCc2ccccc2)C1NC(=O)C1OC(COCc2ccccc2)C(OCc2ccccc2)C(OCc2ccccc2)C1NC(=O)[C@@H]1O[C@H](COCc2ccccc2)C(OCc2ccccc2)C(OCc2ccccc2)C1N. The predicted octanol–water partition coefficient (Wildman–Crippen LogP) is 10.9. The van der Waals surface area contributed by atoms with Crippen LogP contribution < -0.4 is 16.4 Å². The molecule has 3 aliphatic heterocycles. The summed E-state index contributed by atoms with van der Waals surface area (Å²) in [5.74, 6) is -2.38. The molecular formula is C85H91N3O16. The molecule has 0 radical (unpaired) electrons. The number of nitrogens with two attached hydrogens (primary N) is 1. The Kier molecular flexibility index (Phi) is 28.1. The number of rotatable bonds is 35. The van der Waals surface area contributed by atoms with E-state index in [0.29, 0.717) is 0 Å². The first-order chi connectivity index (χ1) is 51.2. The van der Waals surface area contributed by atoms with E-state index in [1.807, 2.05) is 273 Å². The van der Waals surface area contributed by atoms with Crippen molar-refractivity contribution in [1.82, 2.24) is 10.6 Å². The standard InChI is InChI=1S/C85H91N3O16/c1-92-85(91)82-73(80(101-55-67-45-27-10-28-46-67)76(98-52-64-39-21-7-22-40-64)70(104-82)58-95-49-61-33-15-4-16-34-61)88-84(90)81-72(79(100-54-66-43-25-9-26-44-66)75(97-51-63-37-19-6-20-38-63)69(103-81)57-94-48-60-31-13-3-14-32-60)87-83(89)78-71(86)77(99-53-65-41-23-8-24-42-65)74(96-50-62-35-17-5-18-36-62)68(102-78)56-93-47-59-29-11-2-12-30-59/h2-46,68-82H,47-58,86H2,1H3,(H,87,89)(H,88,90)/t68-,69?,70-,71?,72?,73?,74?,75?,76?,77?,78-,79?,80?,81?,82-/m1/s1. The highest BCUT2D eigenvalue weighted by Gasteiger charge is 2.57. The number of hydrogen-bond donors (Lipinski definition) is 3. The summed E-state index contributed by atoms with van der Waals surface area (Å²) < 4.78 is 88.1. The summed E-state index contributed by atoms with van der Waals surface area (Å²) in [4.78, 5) is 47.7. The van der Waals surface area contributed by atoms with Crippen molar-refractivity contribution in [3.63, 3.8) is 0 Å². The van der Waals surface area contributed by atoms with Gasteiger partial charge in [-0.3, -0.25) is 9.59 Å². The maximum absolute atomic E-state index is 16.6. The maximum Gasteiger partial charge on any atom is 0.337 e. The molecule has 2 amide bonds. The lowest BCUT2D eigenvalue weighted by atomic mass is 9.88. The molecule has 0 spiro atoms. The third-order valence-corrected chi connectivity index (χ3v) is 18.6. The molecule has 0 saturated carbocycles. The molecule has 3 fully saturated rings. The first-order valence-electron chi connectivity index (χ1n) is 35.4. The van der Waals surface area contributed by atoms with Crippen LogP contribution in [0.2, 0.25) is 0 Å². The summed E-state index contributed by atoms with van der Waals surface area (Å²) in [6, 6.07) is 82.6. The number of ether oxygens (including phenoxy) is 13. The van der Waals surface area contributed by atoms with Gasteiger partial charge < -0.3 is 77.9 Å². The fourth-order valence-electron chi connectivity index (χ4n) is 13.2. The second-order valence-corrected chi connectivity index (χ2v) is 26.0. The highest BCUT2D eigenvalue weighted by atomic mass is 16.6. The predicted molar refractivity (Wildman–Crippen MR) is 388 cm³/mol. The number of esters is 1. The quantitative estimate of drug-likeness (QED) is 0.0314. The normalized spacial score (nSPS) is 24.6. The van der Waals surface area contributed by atoms with Crippen LogP contribution >= 0.6 is 0 Å². The minimum atomic E-state index is -1.69. The Labute approximate surface area is 608 Å². The second-order valence-electron chi connectivity index (χ2n) is 26.0. The fourth-order valence-corrected chi connectivity index (χ4v) is 13.2. The van der Waals surface area contributed by atoms with Crippen molar-refractivity contribution in [3.05, 3.63) is 323 Å². The van der Waals surface area contributed by atoms with Gasteiger partial charge in [0.1, 0.15) is 54.9 Å². The molecule has 9 aromatic carbocycles. The monoisotopic (exact) mass is 1410 g/mol. The van der Waals surface area contributed by atoms with E-state index in [1.54, 1.807) is 0 Å². The zero-order chi connectivity index (χ0) is 71.5. The Hall–Kier alpha value is -9.13. The molecule has 9 aromatic rings. The van der Waals surface area contributed by atoms with Gasteiger partial charge in [0.25, 0.3) is 11.8 Å². The van der Waals surface area contributed by atoms with Gasteiger partial charge in [0.2, 0.25) is 0 Å². The molecule has 15 atom stereocenters. The lowest BCUT2D eigenvalue weighted by molar-refractivity contribution is -0.243. The third-order valence-electron chi connectivity index (χ3n) is 18.6. The highest BCUT2D eigenvalue weighted by molar-refractivity contribution is 5.87. The van der Waals surface area contributed by atoms with Crippen LogP contribution in [0.1, 0.15) is 50.1 Å². The number of benzene rings is 9. The van der Waals surface area contributed by atoms with Crippen LogP contribution in [0.3, 0.4) is 0 Å². The van der Waals surface area contributed by atoms with Crippen LogP contribution in [0.5, 0.6) is 0 Å². The average Bonchev–Trinajstić information content (AvgIpc) is 0.771. The van der Waals surface area contributed by atoms with E-state index in [4.69, 9.17) is 67.3 Å². The van der Waals surface area contributed by atoms with Crippen LogP contribution in [0.15, 0.2) is 273 Å². The van der Waals surface area contributed by atoms with E-state index in [2.05, 4.69) is 10.6 Å². The lowest BCUT2D eigenvalue weighted by Gasteiger charge is -2.49. The summed E-state index contributed by atoms with van der Waals surface area (Å²) in [7, 11) is 1.25. The highest BCUT2D eigenvalue weighted by Crippen LogP contribution is 2.35. The Balaban J connectivity index is 0.946. The van der Waals surface area contributed by atoms with Crippen LogP contribution in [0.4, 0.5) is 0 Å². The maximum atomic E-state index is 16.6. The summed E-state index contributed by atoms with van der Waals surface area (Å²) in [5, 5.41) is 6.47. The number of amides is 2. The first-order valence-corrected chi connectivity index (χ1v) is 35.4. The Morgan fingerprint density at radius 2 is 0.519 bits per heavy atom. The van der Waals surface area contributed by atoms with Crippen LogP contribution in [-0.4, -0.2) is 136 Å². The number of carbonyl (C=O) groups excluding carboxylic acids is 3. The summed E-state index contributed by atoms with van der Waals surface area (Å²) in [6.45, 7) is 0.729. The van der Waals surface area contributed by atoms with E-state index < -0.39 is 109 Å². The topological polar surface area (TPSA) is 221 Å². The molecule has 11 unspecified atom stereocenters. The molecule has 19 heteroatoms. The van der Waals surface area contributed by atoms with Crippen molar-refractivity contribution in [1.29, 1.82) is 0 Å². The minimum absolute atomic E-state index is 0.0119. The minimum Gasteiger partial charge on any atom is -0.467 e. The second kappa shape index (κ2) is 39.1. The molecule has 19 nitrogen and oxygen atoms in total. The zero-order valence-electron chi connectivity index (χ0n) is 58.2. The molecule has 0 bridgehead atoms. The van der Waals surface area contributed by atoms with Crippen molar-refractivity contribution in [2.24, 2.45) is 5.73 Å². The molecule has 3 saturated heterocycles. The Morgan fingerprint density at radius 3 is 0.808 bits per heavy atom. The number of hydrogen-bond acceptors (Lipinski definition) is 17. The van der Waals surface area contributed by atoms with Crippen molar-refractivity contribution >= 4 is 17.8 Å². The zero-order valence-corrected chi connectivity index (χ0v) is 58.2. The van der Waals surface area contributed by atoms with Gasteiger partial charge in [0.15, 0.2) is 18.3 Å². The van der Waals surface area contributed by atoms with Crippen molar-refractivity contribution < 1.29 is 76.0 Å². The summed E-state index contributed by atoms with van der Waals surface area (Å²) >= 11 is 0. The van der Waals surface area contributed by atoms with Gasteiger partial charge in [0.05, 0.1) is 105 Å². The van der Waals surface area contributed by atoms with Gasteiger partial charge in [0, 0.05) is 0 Å². The molecule has 104 heavy (non-hydrogen) atoms. The van der Waals surface area contributed by atoms with Crippen LogP contribution in [0, 0.1) is 0 Å². The van der Waals surface area contributed by atoms with Gasteiger partial charge in [-0.15, -0.1) is 0 Å². The third kappa shape index (κ3) is 21.1. The molecule has 3 heterocycles. The number of carbonyl (C=O) groups is 3. The first kappa shape index (κ1) is 74.6. The number of methoxy groups -OCH3 is 1. The Bertz CT molecular complexity index is 3960. The van der Waals surface area contributed by atoms with Crippen LogP contribution in [-0.2, 0) is 135 Å². The largest absolute Gasteiger partial charge is 0.467 e. The van der Waals surface area contributed by atoms with Crippen molar-refractivity contribution in [2.45, 2.75) is 151 Å². The van der Waals surface area contributed by atoms with Gasteiger partial charge >= 0.3 is 5.97 Å². The average molecular weight is 1410 g/mol. The van der Waals surface area contributed by atoms with Crippen LogP contribution in [0.25, 0.3) is 0 Å². The van der Waals surface area contributed by atoms with E-state index in [1.165, 1.54) is 7.11 Å². The molecule has 0 aromatic heterocycles.